The number of carboxylic acids is 1. The van der Waals surface area contributed by atoms with E-state index in [0.29, 0.717) is 6.42 Å². The maximum atomic E-state index is 12.3. The molecule has 3 aliphatic rings. The highest BCUT2D eigenvalue weighted by molar-refractivity contribution is 5.89. The van der Waals surface area contributed by atoms with Crippen LogP contribution < -0.4 is 5.32 Å². The number of allylic oxidation sites excluding steroid dienone is 5. The first-order valence-corrected chi connectivity index (χ1v) is 8.62. The lowest BCUT2D eigenvalue weighted by atomic mass is 9.63. The van der Waals surface area contributed by atoms with Gasteiger partial charge >= 0.3 is 5.97 Å². The Labute approximate surface area is 148 Å². The van der Waals surface area contributed by atoms with Gasteiger partial charge < -0.3 is 15.3 Å². The second kappa shape index (κ2) is 8.14. The minimum absolute atomic E-state index is 0.124. The van der Waals surface area contributed by atoms with Gasteiger partial charge in [-0.25, -0.2) is 0 Å². The Kier molecular flexibility index (Phi) is 6.17. The Hall–Kier alpha value is -2.37. The Morgan fingerprint density at radius 3 is 2.72 bits per heavy atom. The van der Waals surface area contributed by atoms with E-state index in [1.165, 1.54) is 6.92 Å². The molecule has 0 saturated heterocycles. The number of carboxylic acid groups (broad SMARTS) is 1. The van der Waals surface area contributed by atoms with Gasteiger partial charge in [0, 0.05) is 20.5 Å². The van der Waals surface area contributed by atoms with Gasteiger partial charge in [0.1, 0.15) is 6.04 Å². The first kappa shape index (κ1) is 19.0. The van der Waals surface area contributed by atoms with E-state index in [-0.39, 0.29) is 23.7 Å². The monoisotopic (exact) mass is 346 g/mol. The minimum Gasteiger partial charge on any atom is -0.480 e. The van der Waals surface area contributed by atoms with Crippen LogP contribution in [0.3, 0.4) is 0 Å². The van der Waals surface area contributed by atoms with Crippen molar-refractivity contribution in [3.05, 3.63) is 35.5 Å². The van der Waals surface area contributed by atoms with Gasteiger partial charge in [-0.3, -0.25) is 14.4 Å². The molecule has 0 aromatic rings. The van der Waals surface area contributed by atoms with Crippen molar-refractivity contribution in [3.63, 3.8) is 0 Å². The van der Waals surface area contributed by atoms with Crippen molar-refractivity contribution in [2.45, 2.75) is 38.6 Å². The zero-order valence-corrected chi connectivity index (χ0v) is 15.0. The topological polar surface area (TPSA) is 86.7 Å². The smallest absolute Gasteiger partial charge is 0.325 e. The average molecular weight is 346 g/mol. The van der Waals surface area contributed by atoms with Gasteiger partial charge in [-0.1, -0.05) is 24.3 Å². The standard InChI is InChI=1S/C19H26N2O4/c1-12(19(24)25)20-18(23)17-14-10-9-13(15(17)11-14)7-5-4-6-8-16(22)21(2)3/h5,7,9-10,12,14,17H,4,6,8,11H2,1-3H3,(H,20,23)(H,24,25)/b7-5-/t12-,14?,17?/m0/s1. The third-order valence-corrected chi connectivity index (χ3v) is 4.72. The predicted octanol–water partition coefficient (Wildman–Crippen LogP) is 1.89. The summed E-state index contributed by atoms with van der Waals surface area (Å²) in [6.45, 7) is 1.47. The van der Waals surface area contributed by atoms with Crippen LogP contribution in [0.4, 0.5) is 0 Å². The van der Waals surface area contributed by atoms with Crippen LogP contribution >= 0.6 is 0 Å². The Balaban J connectivity index is 1.89. The van der Waals surface area contributed by atoms with Gasteiger partial charge in [0.05, 0.1) is 5.92 Å². The van der Waals surface area contributed by atoms with E-state index in [9.17, 15) is 14.4 Å². The van der Waals surface area contributed by atoms with E-state index in [1.807, 2.05) is 24.3 Å². The van der Waals surface area contributed by atoms with Gasteiger partial charge in [-0.05, 0) is 43.3 Å². The Morgan fingerprint density at radius 2 is 2.12 bits per heavy atom. The molecule has 6 heteroatoms. The molecule has 6 nitrogen and oxygen atoms in total. The molecule has 1 saturated carbocycles. The summed E-state index contributed by atoms with van der Waals surface area (Å²) in [5, 5.41) is 11.5. The number of carbonyl (C=O) groups excluding carboxylic acids is 2. The number of unbranched alkanes of at least 4 members (excludes halogenated alkanes) is 1. The summed E-state index contributed by atoms with van der Waals surface area (Å²) < 4.78 is 0. The molecule has 0 heterocycles. The molecule has 2 unspecified atom stereocenters. The molecule has 0 radical (unpaired) electrons. The molecule has 0 spiro atoms. The number of rotatable bonds is 8. The molecule has 1 fully saturated rings. The fourth-order valence-electron chi connectivity index (χ4n) is 3.09. The quantitative estimate of drug-likeness (QED) is 0.657. The second-order valence-electron chi connectivity index (χ2n) is 6.84. The van der Waals surface area contributed by atoms with Crippen molar-refractivity contribution >= 4 is 17.8 Å². The lowest BCUT2D eigenvalue weighted by molar-refractivity contribution is -0.142. The lowest BCUT2D eigenvalue weighted by Gasteiger charge is -2.41. The summed E-state index contributed by atoms with van der Waals surface area (Å²) in [5.41, 5.74) is 2.10. The van der Waals surface area contributed by atoms with Gasteiger partial charge in [0.2, 0.25) is 11.8 Å². The van der Waals surface area contributed by atoms with Crippen molar-refractivity contribution in [2.75, 3.05) is 14.1 Å². The number of amides is 2. The van der Waals surface area contributed by atoms with Crippen LogP contribution in [0.15, 0.2) is 35.5 Å². The molecule has 2 N–H and O–H groups in total. The van der Waals surface area contributed by atoms with Crippen LogP contribution in [0, 0.1) is 11.8 Å². The summed E-state index contributed by atoms with van der Waals surface area (Å²) in [6, 6.07) is -0.883. The highest BCUT2D eigenvalue weighted by Gasteiger charge is 2.43. The van der Waals surface area contributed by atoms with Gasteiger partial charge in [-0.15, -0.1) is 0 Å². The maximum Gasteiger partial charge on any atom is 0.325 e. The molecule has 2 bridgehead atoms. The number of nitrogens with zero attached hydrogens (tertiary/aromatic N) is 1. The number of fused-ring (bicyclic) bond motifs is 1. The molecule has 136 valence electrons. The highest BCUT2D eigenvalue weighted by atomic mass is 16.4. The van der Waals surface area contributed by atoms with Crippen LogP contribution in [0.1, 0.15) is 32.6 Å². The SMILES string of the molecule is C[C@H](NC(=O)C1C2=C(/C=C\CCCC(=O)N(C)C)C=CC1C2)C(=O)O. The van der Waals surface area contributed by atoms with Crippen LogP contribution in [-0.4, -0.2) is 47.9 Å². The molecule has 3 rings (SSSR count). The normalized spacial score (nSPS) is 22.5. The van der Waals surface area contributed by atoms with E-state index >= 15 is 0 Å². The first-order valence-electron chi connectivity index (χ1n) is 8.62. The molecular formula is C19H26N2O4. The molecule has 0 aromatic heterocycles. The van der Waals surface area contributed by atoms with Gasteiger partial charge in [0.25, 0.3) is 0 Å². The van der Waals surface area contributed by atoms with Crippen LogP contribution in [0.5, 0.6) is 0 Å². The fourth-order valence-corrected chi connectivity index (χ4v) is 3.09. The number of nitrogens with one attached hydrogen (secondary N) is 1. The predicted molar refractivity (Wildman–Crippen MR) is 94.7 cm³/mol. The molecule has 0 aromatic carbocycles. The molecule has 2 amide bonds. The second-order valence-corrected chi connectivity index (χ2v) is 6.84. The summed E-state index contributed by atoms with van der Waals surface area (Å²) in [4.78, 5) is 36.3. The van der Waals surface area contributed by atoms with Gasteiger partial charge in [0.15, 0.2) is 0 Å². The number of hydrogen-bond acceptors (Lipinski definition) is 3. The van der Waals surface area contributed by atoms with Crippen molar-refractivity contribution in [1.29, 1.82) is 0 Å². The summed E-state index contributed by atoms with van der Waals surface area (Å²) in [6.07, 6.45) is 11.1. The van der Waals surface area contributed by atoms with E-state index in [1.54, 1.807) is 19.0 Å². The number of hydrogen-bond donors (Lipinski definition) is 2. The maximum absolute atomic E-state index is 12.3. The van der Waals surface area contributed by atoms with Crippen molar-refractivity contribution in [2.24, 2.45) is 11.8 Å². The molecule has 25 heavy (non-hydrogen) atoms. The molecule has 3 atom stereocenters. The Bertz CT molecular complexity index is 646. The molecular weight excluding hydrogens is 320 g/mol. The lowest BCUT2D eigenvalue weighted by Crippen LogP contribution is -2.48. The average Bonchev–Trinajstić information content (AvgIpc) is 2.53. The largest absolute Gasteiger partial charge is 0.480 e. The Morgan fingerprint density at radius 1 is 1.40 bits per heavy atom. The van der Waals surface area contributed by atoms with E-state index in [2.05, 4.69) is 5.32 Å². The van der Waals surface area contributed by atoms with E-state index in [0.717, 1.165) is 30.4 Å². The zero-order valence-electron chi connectivity index (χ0n) is 15.0. The van der Waals surface area contributed by atoms with Crippen LogP contribution in [0.25, 0.3) is 0 Å². The first-order chi connectivity index (χ1) is 11.8. The third kappa shape index (κ3) is 4.59. The third-order valence-electron chi connectivity index (χ3n) is 4.72. The minimum atomic E-state index is -1.03. The van der Waals surface area contributed by atoms with Crippen molar-refractivity contribution in [1.82, 2.24) is 10.2 Å². The van der Waals surface area contributed by atoms with Crippen molar-refractivity contribution < 1.29 is 19.5 Å². The summed E-state index contributed by atoms with van der Waals surface area (Å²) in [5.74, 6) is -1.20. The van der Waals surface area contributed by atoms with E-state index in [4.69, 9.17) is 5.11 Å². The highest BCUT2D eigenvalue weighted by Crippen LogP contribution is 2.47. The fraction of sp³-hybridized carbons (Fsp3) is 0.526. The van der Waals surface area contributed by atoms with Gasteiger partial charge in [-0.2, -0.15) is 0 Å². The summed E-state index contributed by atoms with van der Waals surface area (Å²) >= 11 is 0. The van der Waals surface area contributed by atoms with Crippen LogP contribution in [-0.2, 0) is 14.4 Å². The zero-order chi connectivity index (χ0) is 18.6. The van der Waals surface area contributed by atoms with Crippen LogP contribution in [0.2, 0.25) is 0 Å². The number of aliphatic carboxylic acids is 1. The number of carbonyl (C=O) groups is 3. The van der Waals surface area contributed by atoms with Crippen molar-refractivity contribution in [3.8, 4) is 0 Å². The molecule has 3 aliphatic carbocycles. The summed E-state index contributed by atoms with van der Waals surface area (Å²) in [7, 11) is 3.50. The van der Waals surface area contributed by atoms with E-state index < -0.39 is 12.0 Å². The molecule has 0 aliphatic heterocycles.